The Morgan fingerprint density at radius 3 is 2.89 bits per heavy atom. The normalized spacial score (nSPS) is 10.7. The van der Waals surface area contributed by atoms with E-state index in [1.807, 2.05) is 12.1 Å². The predicted molar refractivity (Wildman–Crippen MR) is 73.4 cm³/mol. The summed E-state index contributed by atoms with van der Waals surface area (Å²) in [6, 6.07) is 6.79. The molecule has 0 aliphatic carbocycles. The van der Waals surface area contributed by atoms with E-state index >= 15 is 0 Å². The fourth-order valence-corrected chi connectivity index (χ4v) is 2.71. The summed E-state index contributed by atoms with van der Waals surface area (Å²) in [6.45, 7) is 0. The third kappa shape index (κ3) is 1.92. The standard InChI is InChI=1S/C13H9N3O2S/c14-13(18)16-4-3-8-5-9(6-15-12(8)16)11-2-1-10(7-17)19-11/h1-7H,(H2,14,18). The Morgan fingerprint density at radius 2 is 2.21 bits per heavy atom. The van der Waals surface area contributed by atoms with E-state index in [1.165, 1.54) is 15.9 Å². The number of aromatic nitrogens is 2. The largest absolute Gasteiger partial charge is 0.351 e. The first kappa shape index (κ1) is 11.6. The van der Waals surface area contributed by atoms with Crippen LogP contribution < -0.4 is 5.73 Å². The summed E-state index contributed by atoms with van der Waals surface area (Å²) >= 11 is 1.40. The Balaban J connectivity index is 2.11. The first-order valence-corrected chi connectivity index (χ1v) is 6.33. The highest BCUT2D eigenvalue weighted by Crippen LogP contribution is 2.29. The number of primary amides is 1. The Bertz CT molecular complexity index is 788. The zero-order chi connectivity index (χ0) is 13.4. The molecule has 1 amide bonds. The molecule has 0 unspecified atom stereocenters. The van der Waals surface area contributed by atoms with E-state index in [0.29, 0.717) is 10.5 Å². The second kappa shape index (κ2) is 4.33. The molecule has 6 heteroatoms. The van der Waals surface area contributed by atoms with Gasteiger partial charge in [-0.25, -0.2) is 9.78 Å². The molecule has 0 aliphatic heterocycles. The van der Waals surface area contributed by atoms with Crippen molar-refractivity contribution in [2.24, 2.45) is 5.73 Å². The number of rotatable bonds is 2. The summed E-state index contributed by atoms with van der Waals surface area (Å²) < 4.78 is 1.30. The van der Waals surface area contributed by atoms with Crippen molar-refractivity contribution in [2.75, 3.05) is 0 Å². The lowest BCUT2D eigenvalue weighted by Gasteiger charge is -2.00. The molecule has 0 saturated heterocycles. The number of carbonyl (C=O) groups is 2. The van der Waals surface area contributed by atoms with Gasteiger partial charge < -0.3 is 5.73 Å². The molecule has 94 valence electrons. The fraction of sp³-hybridized carbons (Fsp3) is 0. The fourth-order valence-electron chi connectivity index (χ4n) is 1.91. The maximum atomic E-state index is 11.2. The quantitative estimate of drug-likeness (QED) is 0.727. The van der Waals surface area contributed by atoms with E-state index < -0.39 is 6.03 Å². The van der Waals surface area contributed by atoms with Crippen LogP contribution in [0.4, 0.5) is 4.79 Å². The van der Waals surface area contributed by atoms with E-state index in [1.54, 1.807) is 24.5 Å². The average molecular weight is 271 g/mol. The second-order valence-corrected chi connectivity index (χ2v) is 5.10. The smallest absolute Gasteiger partial charge is 0.324 e. The van der Waals surface area contributed by atoms with Gasteiger partial charge in [0.1, 0.15) is 5.65 Å². The number of thiophene rings is 1. The lowest BCUT2D eigenvalue weighted by molar-refractivity contribution is 0.112. The van der Waals surface area contributed by atoms with Crippen molar-refractivity contribution >= 4 is 34.7 Å². The van der Waals surface area contributed by atoms with E-state index in [0.717, 1.165) is 22.1 Å². The summed E-state index contributed by atoms with van der Waals surface area (Å²) in [6.07, 6.45) is 4.08. The highest BCUT2D eigenvalue weighted by Gasteiger charge is 2.09. The minimum atomic E-state index is -0.561. The molecule has 5 nitrogen and oxygen atoms in total. The molecule has 0 aromatic carbocycles. The number of nitrogens with two attached hydrogens (primary N) is 1. The van der Waals surface area contributed by atoms with Gasteiger partial charge >= 0.3 is 6.03 Å². The number of aldehydes is 1. The zero-order valence-corrected chi connectivity index (χ0v) is 10.6. The van der Waals surface area contributed by atoms with Crippen LogP contribution in [0, 0.1) is 0 Å². The molecular formula is C13H9N3O2S. The number of nitrogens with zero attached hydrogens (tertiary/aromatic N) is 2. The number of hydrogen-bond donors (Lipinski definition) is 1. The number of pyridine rings is 1. The molecule has 3 heterocycles. The van der Waals surface area contributed by atoms with Crippen LogP contribution in [-0.2, 0) is 0 Å². The molecule has 3 aromatic heterocycles. The second-order valence-electron chi connectivity index (χ2n) is 3.98. The monoisotopic (exact) mass is 271 g/mol. The van der Waals surface area contributed by atoms with E-state index in [4.69, 9.17) is 5.73 Å². The molecule has 0 radical (unpaired) electrons. The number of fused-ring (bicyclic) bond motifs is 1. The van der Waals surface area contributed by atoms with Crippen molar-refractivity contribution in [3.63, 3.8) is 0 Å². The molecule has 0 saturated carbocycles. The van der Waals surface area contributed by atoms with Gasteiger partial charge in [0.05, 0.1) is 4.88 Å². The minimum Gasteiger partial charge on any atom is -0.351 e. The SMILES string of the molecule is NC(=O)n1ccc2cc(-c3ccc(C=O)s3)cnc21. The van der Waals surface area contributed by atoms with Crippen LogP contribution in [0.3, 0.4) is 0 Å². The third-order valence-corrected chi connectivity index (χ3v) is 3.85. The third-order valence-electron chi connectivity index (χ3n) is 2.79. The number of amides is 1. The molecule has 3 aromatic rings. The van der Waals surface area contributed by atoms with Crippen LogP contribution in [0.1, 0.15) is 9.67 Å². The summed E-state index contributed by atoms with van der Waals surface area (Å²) in [5, 5.41) is 0.831. The van der Waals surface area contributed by atoms with Crippen LogP contribution in [0.15, 0.2) is 36.7 Å². The van der Waals surface area contributed by atoms with Gasteiger partial charge in [0.2, 0.25) is 0 Å². The van der Waals surface area contributed by atoms with Crippen LogP contribution in [0.2, 0.25) is 0 Å². The molecule has 0 fully saturated rings. The summed E-state index contributed by atoms with van der Waals surface area (Å²) in [5.41, 5.74) is 6.68. The Hall–Kier alpha value is -2.47. The van der Waals surface area contributed by atoms with Gasteiger partial charge in [-0.05, 0) is 24.3 Å². The van der Waals surface area contributed by atoms with E-state index in [9.17, 15) is 9.59 Å². The Labute approximate surface area is 112 Å². The highest BCUT2D eigenvalue weighted by atomic mass is 32.1. The lowest BCUT2D eigenvalue weighted by atomic mass is 10.2. The van der Waals surface area contributed by atoms with Crippen molar-refractivity contribution < 1.29 is 9.59 Å². The zero-order valence-electron chi connectivity index (χ0n) is 9.74. The Morgan fingerprint density at radius 1 is 1.37 bits per heavy atom. The highest BCUT2D eigenvalue weighted by molar-refractivity contribution is 7.17. The van der Waals surface area contributed by atoms with Crippen molar-refractivity contribution in [3.8, 4) is 10.4 Å². The van der Waals surface area contributed by atoms with Crippen molar-refractivity contribution in [1.29, 1.82) is 0 Å². The summed E-state index contributed by atoms with van der Waals surface area (Å²) in [7, 11) is 0. The van der Waals surface area contributed by atoms with Crippen molar-refractivity contribution in [1.82, 2.24) is 9.55 Å². The van der Waals surface area contributed by atoms with E-state index in [-0.39, 0.29) is 0 Å². The van der Waals surface area contributed by atoms with Gasteiger partial charge in [0.25, 0.3) is 0 Å². The first-order chi connectivity index (χ1) is 9.19. The topological polar surface area (TPSA) is 78.0 Å². The molecule has 0 aliphatic rings. The summed E-state index contributed by atoms with van der Waals surface area (Å²) in [5.74, 6) is 0. The maximum absolute atomic E-state index is 11.2. The van der Waals surface area contributed by atoms with Crippen LogP contribution >= 0.6 is 11.3 Å². The van der Waals surface area contributed by atoms with Crippen LogP contribution in [0.5, 0.6) is 0 Å². The van der Waals surface area contributed by atoms with Crippen molar-refractivity contribution in [2.45, 2.75) is 0 Å². The average Bonchev–Trinajstić information content (AvgIpc) is 3.04. The molecule has 0 bridgehead atoms. The predicted octanol–water partition coefficient (Wildman–Crippen LogP) is 2.50. The molecule has 0 spiro atoms. The van der Waals surface area contributed by atoms with Crippen LogP contribution in [0.25, 0.3) is 21.5 Å². The first-order valence-electron chi connectivity index (χ1n) is 5.51. The van der Waals surface area contributed by atoms with Crippen molar-refractivity contribution in [3.05, 3.63) is 41.5 Å². The van der Waals surface area contributed by atoms with Gasteiger partial charge in [0.15, 0.2) is 6.29 Å². The molecule has 3 rings (SSSR count). The van der Waals surface area contributed by atoms with Gasteiger partial charge in [0, 0.05) is 28.2 Å². The van der Waals surface area contributed by atoms with Gasteiger partial charge in [-0.3, -0.25) is 9.36 Å². The molecule has 0 atom stereocenters. The Kier molecular flexibility index (Phi) is 2.64. The molecular weight excluding hydrogens is 262 g/mol. The van der Waals surface area contributed by atoms with Crippen LogP contribution in [-0.4, -0.2) is 21.9 Å². The summed E-state index contributed by atoms with van der Waals surface area (Å²) in [4.78, 5) is 27.8. The van der Waals surface area contributed by atoms with Gasteiger partial charge in [-0.1, -0.05) is 0 Å². The van der Waals surface area contributed by atoms with Gasteiger partial charge in [-0.15, -0.1) is 11.3 Å². The number of hydrogen-bond acceptors (Lipinski definition) is 4. The minimum absolute atomic E-state index is 0.531. The number of carbonyl (C=O) groups excluding carboxylic acids is 2. The van der Waals surface area contributed by atoms with E-state index in [2.05, 4.69) is 4.98 Å². The molecule has 19 heavy (non-hydrogen) atoms. The lowest BCUT2D eigenvalue weighted by Crippen LogP contribution is -2.18. The maximum Gasteiger partial charge on any atom is 0.324 e. The molecule has 2 N–H and O–H groups in total. The van der Waals surface area contributed by atoms with Gasteiger partial charge in [-0.2, -0.15) is 0 Å².